The summed E-state index contributed by atoms with van der Waals surface area (Å²) < 4.78 is 2.10. The minimum atomic E-state index is -0.450. The maximum Gasteiger partial charge on any atom is 0.264 e. The van der Waals surface area contributed by atoms with E-state index in [1.807, 2.05) is 66.9 Å². The van der Waals surface area contributed by atoms with Crippen molar-refractivity contribution in [3.8, 4) is 5.69 Å². The van der Waals surface area contributed by atoms with Gasteiger partial charge in [0, 0.05) is 17.9 Å². The first kappa shape index (κ1) is 19.5. The lowest BCUT2D eigenvalue weighted by atomic mass is 10.2. The van der Waals surface area contributed by atoms with Gasteiger partial charge >= 0.3 is 0 Å². The minimum absolute atomic E-state index is 0.0691. The second-order valence-electron chi connectivity index (χ2n) is 7.66. The Hall–Kier alpha value is -3.45. The Balaban J connectivity index is 1.38. The molecule has 1 atom stereocenters. The molecular weight excluding hydrogens is 408 g/mol. The summed E-state index contributed by atoms with van der Waals surface area (Å²) in [5.41, 5.74) is 3.53. The van der Waals surface area contributed by atoms with Crippen LogP contribution in [0.25, 0.3) is 16.7 Å². The molecule has 0 saturated carbocycles. The van der Waals surface area contributed by atoms with Crippen molar-refractivity contribution < 1.29 is 9.59 Å². The summed E-state index contributed by atoms with van der Waals surface area (Å²) in [7, 11) is 0. The normalized spacial score (nSPS) is 16.0. The number of hydrogen-bond donors (Lipinski definition) is 1. The van der Waals surface area contributed by atoms with Gasteiger partial charge in [0.2, 0.25) is 5.91 Å². The number of rotatable bonds is 4. The molecule has 156 valence electrons. The summed E-state index contributed by atoms with van der Waals surface area (Å²) in [6.45, 7) is 2.58. The second-order valence-corrected chi connectivity index (χ2v) is 8.60. The lowest BCUT2D eigenvalue weighted by molar-refractivity contribution is -0.119. The Labute approximate surface area is 184 Å². The van der Waals surface area contributed by atoms with E-state index in [-0.39, 0.29) is 11.8 Å². The number of carbonyl (C=O) groups excluding carboxylic acids is 2. The third-order valence-electron chi connectivity index (χ3n) is 5.65. The SMILES string of the molecule is Cc1nc2cc(NC(=O)[C@@H]3CCCN3C(=O)c3cccs3)ccc2n1-c1ccccc1. The molecule has 0 bridgehead atoms. The maximum atomic E-state index is 13.0. The number of benzene rings is 2. The number of imidazole rings is 1. The van der Waals surface area contributed by atoms with Crippen LogP contribution in [-0.4, -0.2) is 38.9 Å². The summed E-state index contributed by atoms with van der Waals surface area (Å²) >= 11 is 1.41. The van der Waals surface area contributed by atoms with Crippen molar-refractivity contribution in [2.24, 2.45) is 0 Å². The quantitative estimate of drug-likeness (QED) is 0.513. The number of aromatic nitrogens is 2. The van der Waals surface area contributed by atoms with Crippen molar-refractivity contribution in [3.63, 3.8) is 0 Å². The molecule has 0 radical (unpaired) electrons. The Morgan fingerprint density at radius 1 is 1.10 bits per heavy atom. The van der Waals surface area contributed by atoms with Gasteiger partial charge in [-0.15, -0.1) is 11.3 Å². The molecule has 0 unspecified atom stereocenters. The molecule has 3 heterocycles. The standard InChI is InChI=1S/C24H22N4O2S/c1-16-25-19-15-17(11-12-20(19)28(16)18-7-3-2-4-8-18)26-23(29)21-9-5-13-27(21)24(30)22-10-6-14-31-22/h2-4,6-8,10-12,14-15,21H,5,9,13H2,1H3,(H,26,29)/t21-/m0/s1. The van der Waals surface area contributed by atoms with Crippen LogP contribution in [0.15, 0.2) is 66.0 Å². The lowest BCUT2D eigenvalue weighted by Crippen LogP contribution is -2.42. The van der Waals surface area contributed by atoms with E-state index in [1.165, 1.54) is 11.3 Å². The third kappa shape index (κ3) is 3.61. The minimum Gasteiger partial charge on any atom is -0.326 e. The van der Waals surface area contributed by atoms with E-state index in [9.17, 15) is 9.59 Å². The van der Waals surface area contributed by atoms with Gasteiger partial charge in [0.05, 0.1) is 15.9 Å². The summed E-state index contributed by atoms with van der Waals surface area (Å²) in [6, 6.07) is 19.0. The first-order valence-electron chi connectivity index (χ1n) is 10.3. The van der Waals surface area contributed by atoms with E-state index in [0.717, 1.165) is 29.0 Å². The number of thiophene rings is 1. The average molecular weight is 431 g/mol. The molecule has 5 rings (SSSR count). The largest absolute Gasteiger partial charge is 0.326 e. The number of nitrogens with zero attached hydrogens (tertiary/aromatic N) is 3. The molecule has 1 aliphatic rings. The zero-order valence-corrected chi connectivity index (χ0v) is 17.9. The lowest BCUT2D eigenvalue weighted by Gasteiger charge is -2.23. The number of likely N-dealkylation sites (tertiary alicyclic amines) is 1. The van der Waals surface area contributed by atoms with Crippen LogP contribution in [0, 0.1) is 6.92 Å². The first-order chi connectivity index (χ1) is 15.1. The van der Waals surface area contributed by atoms with Gasteiger partial charge in [-0.1, -0.05) is 24.3 Å². The summed E-state index contributed by atoms with van der Waals surface area (Å²) in [5.74, 6) is 0.662. The maximum absolute atomic E-state index is 13.0. The second kappa shape index (κ2) is 8.00. The molecular formula is C24H22N4O2S. The van der Waals surface area contributed by atoms with Crippen LogP contribution >= 0.6 is 11.3 Å². The van der Waals surface area contributed by atoms with Gasteiger partial charge < -0.3 is 10.2 Å². The monoisotopic (exact) mass is 430 g/mol. The number of fused-ring (bicyclic) bond motifs is 1. The number of nitrogens with one attached hydrogen (secondary N) is 1. The number of aryl methyl sites for hydroxylation is 1. The van der Waals surface area contributed by atoms with Crippen molar-refractivity contribution in [3.05, 3.63) is 76.7 Å². The Bertz CT molecular complexity index is 1250. The molecule has 0 spiro atoms. The van der Waals surface area contributed by atoms with Gasteiger partial charge in [-0.05, 0) is 61.5 Å². The molecule has 1 saturated heterocycles. The van der Waals surface area contributed by atoms with Crippen molar-refractivity contribution >= 4 is 39.9 Å². The van der Waals surface area contributed by atoms with Crippen LogP contribution in [0.5, 0.6) is 0 Å². The van der Waals surface area contributed by atoms with Crippen LogP contribution in [0.2, 0.25) is 0 Å². The smallest absolute Gasteiger partial charge is 0.264 e. The molecule has 2 aromatic heterocycles. The van der Waals surface area contributed by atoms with Crippen molar-refractivity contribution in [2.45, 2.75) is 25.8 Å². The van der Waals surface area contributed by atoms with E-state index < -0.39 is 6.04 Å². The highest BCUT2D eigenvalue weighted by atomic mass is 32.1. The van der Waals surface area contributed by atoms with E-state index >= 15 is 0 Å². The predicted octanol–water partition coefficient (Wildman–Crippen LogP) is 4.64. The molecule has 4 aromatic rings. The Morgan fingerprint density at radius 2 is 1.94 bits per heavy atom. The molecule has 2 aromatic carbocycles. The molecule has 31 heavy (non-hydrogen) atoms. The third-order valence-corrected chi connectivity index (χ3v) is 6.51. The first-order valence-corrected chi connectivity index (χ1v) is 11.2. The fraction of sp³-hybridized carbons (Fsp3) is 0.208. The predicted molar refractivity (Wildman–Crippen MR) is 123 cm³/mol. The van der Waals surface area contributed by atoms with Crippen molar-refractivity contribution in [1.82, 2.24) is 14.5 Å². The van der Waals surface area contributed by atoms with Crippen LogP contribution < -0.4 is 5.32 Å². The molecule has 1 aliphatic heterocycles. The van der Waals surface area contributed by atoms with Crippen LogP contribution in [0.3, 0.4) is 0 Å². The zero-order chi connectivity index (χ0) is 21.4. The van der Waals surface area contributed by atoms with E-state index in [2.05, 4.69) is 14.9 Å². The molecule has 2 amide bonds. The topological polar surface area (TPSA) is 67.2 Å². The van der Waals surface area contributed by atoms with Crippen LogP contribution in [-0.2, 0) is 4.79 Å². The van der Waals surface area contributed by atoms with Gasteiger partial charge in [0.1, 0.15) is 11.9 Å². The number of anilines is 1. The van der Waals surface area contributed by atoms with Gasteiger partial charge in [0.15, 0.2) is 0 Å². The highest BCUT2D eigenvalue weighted by Crippen LogP contribution is 2.26. The van der Waals surface area contributed by atoms with Gasteiger partial charge in [0.25, 0.3) is 5.91 Å². The molecule has 7 heteroatoms. The molecule has 0 aliphatic carbocycles. The van der Waals surface area contributed by atoms with Gasteiger partial charge in [-0.2, -0.15) is 0 Å². The molecule has 6 nitrogen and oxygen atoms in total. The fourth-order valence-corrected chi connectivity index (χ4v) is 4.91. The number of carbonyl (C=O) groups is 2. The highest BCUT2D eigenvalue weighted by Gasteiger charge is 2.35. The van der Waals surface area contributed by atoms with E-state index in [0.29, 0.717) is 23.5 Å². The average Bonchev–Trinajstić information content (AvgIpc) is 3.53. The van der Waals surface area contributed by atoms with Gasteiger partial charge in [-0.25, -0.2) is 4.98 Å². The van der Waals surface area contributed by atoms with Crippen molar-refractivity contribution in [2.75, 3.05) is 11.9 Å². The Morgan fingerprint density at radius 3 is 2.71 bits per heavy atom. The van der Waals surface area contributed by atoms with Crippen molar-refractivity contribution in [1.29, 1.82) is 0 Å². The number of amides is 2. The van der Waals surface area contributed by atoms with E-state index in [4.69, 9.17) is 0 Å². The van der Waals surface area contributed by atoms with E-state index in [1.54, 1.807) is 11.0 Å². The Kier molecular flexibility index (Phi) is 5.03. The molecule has 1 fully saturated rings. The zero-order valence-electron chi connectivity index (χ0n) is 17.1. The number of hydrogen-bond acceptors (Lipinski definition) is 4. The fourth-order valence-electron chi connectivity index (χ4n) is 4.23. The highest BCUT2D eigenvalue weighted by molar-refractivity contribution is 7.12. The number of para-hydroxylation sites is 1. The summed E-state index contributed by atoms with van der Waals surface area (Å²) in [5, 5.41) is 4.88. The summed E-state index contributed by atoms with van der Waals surface area (Å²) in [4.78, 5) is 32.8. The van der Waals surface area contributed by atoms with Crippen LogP contribution in [0.4, 0.5) is 5.69 Å². The van der Waals surface area contributed by atoms with Crippen LogP contribution in [0.1, 0.15) is 28.3 Å². The van der Waals surface area contributed by atoms with Gasteiger partial charge in [-0.3, -0.25) is 14.2 Å². The summed E-state index contributed by atoms with van der Waals surface area (Å²) in [6.07, 6.45) is 1.50. The molecule has 1 N–H and O–H groups in total.